The fourth-order valence-corrected chi connectivity index (χ4v) is 2.02. The van der Waals surface area contributed by atoms with Gasteiger partial charge in [-0.2, -0.15) is 4.98 Å². The van der Waals surface area contributed by atoms with E-state index in [1.54, 1.807) is 7.11 Å². The minimum Gasteiger partial charge on any atom is -0.397 e. The van der Waals surface area contributed by atoms with E-state index in [0.717, 1.165) is 10.9 Å². The Balaban J connectivity index is 2.38. The van der Waals surface area contributed by atoms with E-state index in [9.17, 15) is 0 Å². The third kappa shape index (κ3) is 2.39. The van der Waals surface area contributed by atoms with Crippen LogP contribution in [0.3, 0.4) is 0 Å². The SMILES string of the molecule is CCC(OC)c1noc(-c2cccc(Br)c2N)n1. The lowest BCUT2D eigenvalue weighted by molar-refractivity contribution is 0.0903. The van der Waals surface area contributed by atoms with E-state index in [0.29, 0.717) is 23.0 Å². The van der Waals surface area contributed by atoms with Crippen LogP contribution in [0.5, 0.6) is 0 Å². The number of anilines is 1. The summed E-state index contributed by atoms with van der Waals surface area (Å²) in [6.45, 7) is 2.00. The van der Waals surface area contributed by atoms with Crippen LogP contribution in [-0.4, -0.2) is 17.3 Å². The fraction of sp³-hybridized carbons (Fsp3) is 0.333. The molecule has 0 amide bonds. The molecule has 1 unspecified atom stereocenters. The predicted molar refractivity (Wildman–Crippen MR) is 71.9 cm³/mol. The maximum atomic E-state index is 5.96. The third-order valence-electron chi connectivity index (χ3n) is 2.67. The monoisotopic (exact) mass is 311 g/mol. The highest BCUT2D eigenvalue weighted by Crippen LogP contribution is 2.31. The van der Waals surface area contributed by atoms with Crippen LogP contribution in [0.25, 0.3) is 11.5 Å². The van der Waals surface area contributed by atoms with Gasteiger partial charge in [-0.1, -0.05) is 18.1 Å². The van der Waals surface area contributed by atoms with Gasteiger partial charge in [-0.05, 0) is 34.5 Å². The van der Waals surface area contributed by atoms with Crippen LogP contribution in [0.4, 0.5) is 5.69 Å². The summed E-state index contributed by atoms with van der Waals surface area (Å²) in [7, 11) is 1.62. The molecule has 0 saturated heterocycles. The number of benzene rings is 1. The number of nitrogens with two attached hydrogens (primary N) is 1. The van der Waals surface area contributed by atoms with Crippen molar-refractivity contribution in [2.45, 2.75) is 19.4 Å². The molecule has 96 valence electrons. The molecule has 1 atom stereocenters. The molecule has 2 N–H and O–H groups in total. The van der Waals surface area contributed by atoms with E-state index in [2.05, 4.69) is 26.1 Å². The number of hydrogen-bond donors (Lipinski definition) is 1. The summed E-state index contributed by atoms with van der Waals surface area (Å²) in [4.78, 5) is 4.32. The summed E-state index contributed by atoms with van der Waals surface area (Å²) in [6.07, 6.45) is 0.625. The van der Waals surface area contributed by atoms with Gasteiger partial charge in [0, 0.05) is 11.6 Å². The Morgan fingerprint density at radius 1 is 1.50 bits per heavy atom. The molecule has 2 rings (SSSR count). The van der Waals surface area contributed by atoms with Crippen molar-refractivity contribution in [1.82, 2.24) is 10.1 Å². The third-order valence-corrected chi connectivity index (χ3v) is 3.36. The number of ether oxygens (including phenoxy) is 1. The molecule has 0 fully saturated rings. The Bertz CT molecular complexity index is 538. The van der Waals surface area contributed by atoms with Crippen molar-refractivity contribution in [2.24, 2.45) is 0 Å². The molecule has 1 heterocycles. The molecule has 1 aromatic heterocycles. The largest absolute Gasteiger partial charge is 0.397 e. The van der Waals surface area contributed by atoms with Crippen LogP contribution in [0.1, 0.15) is 25.3 Å². The highest BCUT2D eigenvalue weighted by atomic mass is 79.9. The van der Waals surface area contributed by atoms with Gasteiger partial charge in [-0.15, -0.1) is 0 Å². The van der Waals surface area contributed by atoms with Gasteiger partial charge in [-0.3, -0.25) is 0 Å². The molecule has 0 spiro atoms. The second-order valence-electron chi connectivity index (χ2n) is 3.79. The van der Waals surface area contributed by atoms with Crippen LogP contribution < -0.4 is 5.73 Å². The summed E-state index contributed by atoms with van der Waals surface area (Å²) in [5.41, 5.74) is 7.26. The zero-order valence-electron chi connectivity index (χ0n) is 10.2. The van der Waals surface area contributed by atoms with Gasteiger partial charge in [-0.25, -0.2) is 0 Å². The van der Waals surface area contributed by atoms with E-state index >= 15 is 0 Å². The molecule has 0 aliphatic carbocycles. The molecule has 18 heavy (non-hydrogen) atoms. The molecule has 0 saturated carbocycles. The Morgan fingerprint density at radius 2 is 2.28 bits per heavy atom. The van der Waals surface area contributed by atoms with E-state index in [4.69, 9.17) is 15.0 Å². The molecule has 6 heteroatoms. The van der Waals surface area contributed by atoms with Crippen LogP contribution in [0, 0.1) is 0 Å². The highest BCUT2D eigenvalue weighted by molar-refractivity contribution is 9.10. The molecule has 1 aromatic carbocycles. The number of methoxy groups -OCH3 is 1. The lowest BCUT2D eigenvalue weighted by Gasteiger charge is -2.06. The lowest BCUT2D eigenvalue weighted by Crippen LogP contribution is -2.01. The Morgan fingerprint density at radius 3 is 2.94 bits per heavy atom. The van der Waals surface area contributed by atoms with E-state index in [1.807, 2.05) is 25.1 Å². The number of rotatable bonds is 4. The summed E-state index contributed by atoms with van der Waals surface area (Å²) < 4.78 is 11.3. The quantitative estimate of drug-likeness (QED) is 0.878. The van der Waals surface area contributed by atoms with Crippen molar-refractivity contribution in [1.29, 1.82) is 0 Å². The number of para-hydroxylation sites is 1. The lowest BCUT2D eigenvalue weighted by atomic mass is 10.2. The van der Waals surface area contributed by atoms with Gasteiger partial charge in [0.1, 0.15) is 6.10 Å². The second kappa shape index (κ2) is 5.49. The molecule has 0 bridgehead atoms. The molecular weight excluding hydrogens is 298 g/mol. The van der Waals surface area contributed by atoms with Crippen LogP contribution in [-0.2, 0) is 4.74 Å². The van der Waals surface area contributed by atoms with Crippen molar-refractivity contribution in [3.63, 3.8) is 0 Å². The van der Waals surface area contributed by atoms with Crippen molar-refractivity contribution in [3.05, 3.63) is 28.5 Å². The maximum Gasteiger partial charge on any atom is 0.260 e. The zero-order valence-corrected chi connectivity index (χ0v) is 11.8. The van der Waals surface area contributed by atoms with Crippen molar-refractivity contribution < 1.29 is 9.26 Å². The molecule has 5 nitrogen and oxygen atoms in total. The average molecular weight is 312 g/mol. The van der Waals surface area contributed by atoms with Gasteiger partial charge in [0.25, 0.3) is 5.89 Å². The topological polar surface area (TPSA) is 74.2 Å². The first-order valence-electron chi connectivity index (χ1n) is 5.58. The molecule has 2 aromatic rings. The van der Waals surface area contributed by atoms with Crippen LogP contribution in [0.2, 0.25) is 0 Å². The van der Waals surface area contributed by atoms with Gasteiger partial charge in [0.05, 0.1) is 11.3 Å². The van der Waals surface area contributed by atoms with Gasteiger partial charge >= 0.3 is 0 Å². The maximum absolute atomic E-state index is 5.96. The average Bonchev–Trinajstić information content (AvgIpc) is 2.84. The Kier molecular flexibility index (Phi) is 3.98. The molecule has 0 aliphatic heterocycles. The van der Waals surface area contributed by atoms with Crippen LogP contribution >= 0.6 is 15.9 Å². The highest BCUT2D eigenvalue weighted by Gasteiger charge is 2.18. The van der Waals surface area contributed by atoms with Crippen LogP contribution in [0.15, 0.2) is 27.2 Å². The smallest absolute Gasteiger partial charge is 0.260 e. The second-order valence-corrected chi connectivity index (χ2v) is 4.65. The number of aromatic nitrogens is 2. The standard InChI is InChI=1S/C12H14BrN3O2/c1-3-9(17-2)11-15-12(18-16-11)7-5-4-6-8(13)10(7)14/h4-6,9H,3,14H2,1-2H3. The predicted octanol–water partition coefficient (Wildman–Crippen LogP) is 3.18. The summed E-state index contributed by atoms with van der Waals surface area (Å²) in [5, 5.41) is 3.92. The minimum atomic E-state index is -0.157. The van der Waals surface area contributed by atoms with E-state index in [-0.39, 0.29) is 6.10 Å². The van der Waals surface area contributed by atoms with Gasteiger partial charge in [0.15, 0.2) is 0 Å². The van der Waals surface area contributed by atoms with Gasteiger partial charge in [0.2, 0.25) is 5.82 Å². The van der Waals surface area contributed by atoms with E-state index < -0.39 is 0 Å². The first-order valence-corrected chi connectivity index (χ1v) is 6.37. The number of nitrogen functional groups attached to an aromatic ring is 1. The summed E-state index contributed by atoms with van der Waals surface area (Å²) >= 11 is 3.37. The molecule has 0 aliphatic rings. The van der Waals surface area contributed by atoms with Gasteiger partial charge < -0.3 is 15.0 Å². The normalized spacial score (nSPS) is 12.6. The Labute approximate surface area is 113 Å². The minimum absolute atomic E-state index is 0.157. The zero-order chi connectivity index (χ0) is 13.1. The molecule has 0 radical (unpaired) electrons. The summed E-state index contributed by atoms with van der Waals surface area (Å²) in [5.74, 6) is 0.939. The number of hydrogen-bond acceptors (Lipinski definition) is 5. The Hall–Kier alpha value is -1.40. The van der Waals surface area contributed by atoms with Crippen molar-refractivity contribution in [2.75, 3.05) is 12.8 Å². The first-order chi connectivity index (χ1) is 8.67. The van der Waals surface area contributed by atoms with E-state index in [1.165, 1.54) is 0 Å². The number of nitrogens with zero attached hydrogens (tertiary/aromatic N) is 2. The first kappa shape index (κ1) is 13.0. The molecular formula is C12H14BrN3O2. The number of halogens is 1. The van der Waals surface area contributed by atoms with Crippen molar-refractivity contribution in [3.8, 4) is 11.5 Å². The fourth-order valence-electron chi connectivity index (χ4n) is 1.65. The van der Waals surface area contributed by atoms with Crippen molar-refractivity contribution >= 4 is 21.6 Å². The summed E-state index contributed by atoms with van der Waals surface area (Å²) in [6, 6.07) is 5.57.